The van der Waals surface area contributed by atoms with Gasteiger partial charge in [0.2, 0.25) is 11.6 Å². The molecule has 0 bridgehead atoms. The van der Waals surface area contributed by atoms with Gasteiger partial charge in [-0.3, -0.25) is 17.9 Å². The molecule has 3 unspecified atom stereocenters. The summed E-state index contributed by atoms with van der Waals surface area (Å²) in [5.41, 5.74) is 26.2. The van der Waals surface area contributed by atoms with Crippen LogP contribution in [0.4, 0.5) is 0 Å². The lowest BCUT2D eigenvalue weighted by Crippen LogP contribution is -2.20. The molecular weight excluding hydrogens is 1100 g/mol. The highest BCUT2D eigenvalue weighted by Crippen LogP contribution is 2.59. The van der Waals surface area contributed by atoms with Crippen molar-refractivity contribution in [1.29, 1.82) is 5.26 Å². The molecule has 0 spiro atoms. The Kier molecular flexibility index (Phi) is 11.1. The maximum absolute atomic E-state index is 12.8. The molecule has 5 aromatic heterocycles. The second-order valence-corrected chi connectivity index (χ2v) is 24.6. The van der Waals surface area contributed by atoms with Gasteiger partial charge in [-0.05, 0) is 171 Å². The number of nitriles is 1. The van der Waals surface area contributed by atoms with Crippen LogP contribution < -0.4 is 0 Å². The SMILES string of the molecule is N#Cc1c(C2c3ccccc3C3CCCCC32)c(-c2ccc3nc4n(-c5ccccc5)c5ccc(-c6ccccc6)cc5n4c3c2)cc(-c2ccc3nc4n(-c5ccccc5)c5ccc(-c6ccccc6)cc5n4c3c2)c1-n1c2ccccc2c2ccccc21. The van der Waals surface area contributed by atoms with Gasteiger partial charge >= 0.3 is 0 Å². The molecule has 19 rings (SSSR count). The molecule has 0 N–H and O–H groups in total. The molecule has 1 saturated carbocycles. The maximum atomic E-state index is 12.8. The number of benzene rings is 12. The molecule has 0 aliphatic heterocycles. The summed E-state index contributed by atoms with van der Waals surface area (Å²) in [5, 5.41) is 15.0. The van der Waals surface area contributed by atoms with Gasteiger partial charge in [0.15, 0.2) is 0 Å². The smallest absolute Gasteiger partial charge is 0.220 e. The van der Waals surface area contributed by atoms with Crippen molar-refractivity contribution in [2.45, 2.75) is 37.5 Å². The molecule has 424 valence electrons. The van der Waals surface area contributed by atoms with Gasteiger partial charge in [0, 0.05) is 33.6 Å². The number of fused-ring (bicyclic) bond motifs is 16. The molecule has 17 aromatic rings. The third-order valence-electron chi connectivity index (χ3n) is 20.0. The molecule has 0 amide bonds. The molecule has 1 fully saturated rings. The summed E-state index contributed by atoms with van der Waals surface area (Å²) in [6, 6.07) is 102. The Morgan fingerprint density at radius 3 is 1.36 bits per heavy atom. The van der Waals surface area contributed by atoms with Crippen LogP contribution >= 0.6 is 0 Å². The zero-order valence-electron chi connectivity index (χ0n) is 49.1. The molecule has 5 heterocycles. The number of nitrogens with zero attached hydrogens (tertiary/aromatic N) is 8. The number of imidazole rings is 4. The Hall–Kier alpha value is -11.5. The first-order valence-corrected chi connectivity index (χ1v) is 31.5. The summed E-state index contributed by atoms with van der Waals surface area (Å²) in [6.45, 7) is 0. The van der Waals surface area contributed by atoms with Crippen LogP contribution in [-0.4, -0.2) is 32.5 Å². The van der Waals surface area contributed by atoms with Crippen molar-refractivity contribution in [3.63, 3.8) is 0 Å². The largest absolute Gasteiger partial charge is 0.307 e. The summed E-state index contributed by atoms with van der Waals surface area (Å²) in [6.07, 6.45) is 4.58. The highest BCUT2D eigenvalue weighted by atomic mass is 15.2. The third kappa shape index (κ3) is 7.41. The maximum Gasteiger partial charge on any atom is 0.220 e. The highest BCUT2D eigenvalue weighted by molar-refractivity contribution is 6.11. The van der Waals surface area contributed by atoms with E-state index in [0.29, 0.717) is 17.4 Å². The van der Waals surface area contributed by atoms with Crippen molar-refractivity contribution in [3.8, 4) is 67.6 Å². The van der Waals surface area contributed by atoms with E-state index in [4.69, 9.17) is 9.97 Å². The first-order valence-electron chi connectivity index (χ1n) is 31.5. The van der Waals surface area contributed by atoms with Crippen molar-refractivity contribution < 1.29 is 0 Å². The van der Waals surface area contributed by atoms with Crippen LogP contribution in [0.25, 0.3) is 139 Å². The van der Waals surface area contributed by atoms with Crippen molar-refractivity contribution in [2.24, 2.45) is 5.92 Å². The topological polar surface area (TPSA) is 73.2 Å². The van der Waals surface area contributed by atoms with Gasteiger partial charge < -0.3 is 4.57 Å². The van der Waals surface area contributed by atoms with Gasteiger partial charge in [-0.25, -0.2) is 9.97 Å². The van der Waals surface area contributed by atoms with Gasteiger partial charge in [0.1, 0.15) is 6.07 Å². The summed E-state index contributed by atoms with van der Waals surface area (Å²) >= 11 is 0. The number of aromatic nitrogens is 7. The molecule has 8 nitrogen and oxygen atoms in total. The Bertz CT molecular complexity index is 5760. The fraction of sp³-hybridized carbons (Fsp3) is 0.0854. The van der Waals surface area contributed by atoms with Crippen LogP contribution in [0.3, 0.4) is 0 Å². The zero-order chi connectivity index (χ0) is 59.1. The molecule has 3 atom stereocenters. The standard InChI is InChI=1S/C82H56N8/c83-50-67-79(78-63-33-15-13-29-59(63)60-30-14-16-34-64(60)78)65(55-37-41-68-74(47-55)89-76-45-53(51-21-5-1-6-22-51)39-43-72(76)86(81(89)84-68)57-25-9-3-10-26-57)49-66(80(67)88-70-35-19-17-31-61(70)62-32-18-20-36-71(62)88)56-38-42-69-75(48-56)90-77-46-54(52-23-7-2-8-24-52)40-44-73(77)87(82(90)85-69)58-27-11-4-12-28-58/h1-13,15,17-29,31-33,35-49,60,64,78H,14,16,30,34H2. The first-order chi connectivity index (χ1) is 44.6. The molecule has 2 aliphatic carbocycles. The van der Waals surface area contributed by atoms with Crippen LogP contribution in [0.5, 0.6) is 0 Å². The molecule has 12 aromatic carbocycles. The van der Waals surface area contributed by atoms with E-state index < -0.39 is 0 Å². The molecule has 0 saturated heterocycles. The fourth-order valence-electron chi connectivity index (χ4n) is 16.2. The van der Waals surface area contributed by atoms with Crippen molar-refractivity contribution in [3.05, 3.63) is 295 Å². The van der Waals surface area contributed by atoms with Crippen molar-refractivity contribution in [1.82, 2.24) is 32.5 Å². The van der Waals surface area contributed by atoms with Crippen LogP contribution in [0.1, 0.15) is 59.8 Å². The highest BCUT2D eigenvalue weighted by Gasteiger charge is 2.45. The summed E-state index contributed by atoms with van der Waals surface area (Å²) in [7, 11) is 0. The molecule has 2 aliphatic rings. The Balaban J connectivity index is 0.946. The minimum atomic E-state index is -0.0496. The lowest BCUT2D eigenvalue weighted by molar-refractivity contribution is 0.308. The van der Waals surface area contributed by atoms with E-state index in [9.17, 15) is 5.26 Å². The molecule has 90 heavy (non-hydrogen) atoms. The summed E-state index contributed by atoms with van der Waals surface area (Å²) in [4.78, 5) is 11.0. The normalized spacial score (nSPS) is 15.7. The Morgan fingerprint density at radius 2 is 0.811 bits per heavy atom. The average Bonchev–Trinajstić information content (AvgIpc) is 1.56. The van der Waals surface area contributed by atoms with E-state index in [0.717, 1.165) is 164 Å². The van der Waals surface area contributed by atoms with Crippen molar-refractivity contribution in [2.75, 3.05) is 0 Å². The second kappa shape index (κ2) is 19.7. The number of hydrogen-bond acceptors (Lipinski definition) is 3. The lowest BCUT2D eigenvalue weighted by Gasteiger charge is -2.33. The average molecular weight is 1150 g/mol. The van der Waals surface area contributed by atoms with Gasteiger partial charge in [-0.2, -0.15) is 5.26 Å². The Labute approximate surface area is 518 Å². The van der Waals surface area contributed by atoms with Crippen LogP contribution in [0.2, 0.25) is 0 Å². The fourth-order valence-corrected chi connectivity index (χ4v) is 16.2. The van der Waals surface area contributed by atoms with E-state index >= 15 is 0 Å². The Morgan fingerprint density at radius 1 is 0.356 bits per heavy atom. The van der Waals surface area contributed by atoms with Crippen LogP contribution in [0, 0.1) is 17.2 Å². The minimum absolute atomic E-state index is 0.0496. The van der Waals surface area contributed by atoms with Crippen LogP contribution in [-0.2, 0) is 0 Å². The second-order valence-electron chi connectivity index (χ2n) is 24.6. The number of rotatable bonds is 8. The van der Waals surface area contributed by atoms with E-state index in [1.165, 1.54) is 17.5 Å². The lowest BCUT2D eigenvalue weighted by atomic mass is 9.71. The molecule has 8 heteroatoms. The van der Waals surface area contributed by atoms with Gasteiger partial charge in [0.25, 0.3) is 0 Å². The summed E-state index contributed by atoms with van der Waals surface area (Å²) < 4.78 is 11.7. The van der Waals surface area contributed by atoms with E-state index in [1.807, 2.05) is 0 Å². The molecule has 0 radical (unpaired) electrons. The predicted octanol–water partition coefficient (Wildman–Crippen LogP) is 20.2. The van der Waals surface area contributed by atoms with Crippen molar-refractivity contribution >= 4 is 77.5 Å². The van der Waals surface area contributed by atoms with E-state index in [1.54, 1.807) is 0 Å². The zero-order valence-corrected chi connectivity index (χ0v) is 49.1. The van der Waals surface area contributed by atoms with E-state index in [-0.39, 0.29) is 5.92 Å². The van der Waals surface area contributed by atoms with Gasteiger partial charge in [-0.1, -0.05) is 195 Å². The first kappa shape index (κ1) is 50.6. The summed E-state index contributed by atoms with van der Waals surface area (Å²) in [5.74, 6) is 2.32. The van der Waals surface area contributed by atoms with E-state index in [2.05, 4.69) is 302 Å². The van der Waals surface area contributed by atoms with Crippen LogP contribution in [0.15, 0.2) is 273 Å². The quantitative estimate of drug-likeness (QED) is 0.152. The number of para-hydroxylation sites is 4. The molecular formula is C82H56N8. The monoisotopic (exact) mass is 1150 g/mol. The van der Waals surface area contributed by atoms with Gasteiger partial charge in [0.05, 0.1) is 66.4 Å². The number of hydrogen-bond donors (Lipinski definition) is 0. The minimum Gasteiger partial charge on any atom is -0.307 e. The third-order valence-corrected chi connectivity index (χ3v) is 20.0. The predicted molar refractivity (Wildman–Crippen MR) is 366 cm³/mol. The van der Waals surface area contributed by atoms with Gasteiger partial charge in [-0.15, -0.1) is 0 Å².